The summed E-state index contributed by atoms with van der Waals surface area (Å²) in [5, 5.41) is 1.21. The first-order valence-electron chi connectivity index (χ1n) is 11.7. The zero-order chi connectivity index (χ0) is 25.7. The van der Waals surface area contributed by atoms with Gasteiger partial charge in [0.2, 0.25) is 0 Å². The van der Waals surface area contributed by atoms with E-state index in [1.165, 1.54) is 0 Å². The van der Waals surface area contributed by atoms with Crippen LogP contribution in [0.15, 0.2) is 54.9 Å². The van der Waals surface area contributed by atoms with E-state index >= 15 is 0 Å². The van der Waals surface area contributed by atoms with E-state index in [0.717, 1.165) is 33.6 Å². The van der Waals surface area contributed by atoms with Gasteiger partial charge in [-0.15, -0.1) is 0 Å². The first-order valence-corrected chi connectivity index (χ1v) is 12.4. The fraction of sp³-hybridized carbons (Fsp3) is 0.250. The zero-order valence-corrected chi connectivity index (χ0v) is 22.2. The van der Waals surface area contributed by atoms with E-state index in [2.05, 4.69) is 23.4 Å². The molecule has 36 heavy (non-hydrogen) atoms. The number of aromatic nitrogens is 3. The van der Waals surface area contributed by atoms with E-state index < -0.39 is 6.04 Å². The van der Waals surface area contributed by atoms with Crippen LogP contribution in [0, 0.1) is 13.8 Å². The predicted octanol–water partition coefficient (Wildman–Crippen LogP) is 7.21. The van der Waals surface area contributed by atoms with Crippen LogP contribution in [-0.4, -0.2) is 27.6 Å². The van der Waals surface area contributed by atoms with E-state index in [9.17, 15) is 4.79 Å². The molecule has 2 aromatic carbocycles. The number of hydrogen-bond acceptors (Lipinski definition) is 4. The summed E-state index contributed by atoms with van der Waals surface area (Å²) in [6.07, 6.45) is 3.40. The highest BCUT2D eigenvalue weighted by Gasteiger charge is 2.45. The van der Waals surface area contributed by atoms with Gasteiger partial charge in [0.25, 0.3) is 5.91 Å². The molecule has 3 heterocycles. The number of anilines is 1. The molecule has 0 bridgehead atoms. The molecule has 8 heteroatoms. The van der Waals surface area contributed by atoms with Gasteiger partial charge in [0.15, 0.2) is 5.69 Å². The highest BCUT2D eigenvalue weighted by Crippen LogP contribution is 2.47. The third-order valence-electron chi connectivity index (χ3n) is 6.60. The number of hydrogen-bond donors (Lipinski definition) is 0. The quantitative estimate of drug-likeness (QED) is 0.279. The fourth-order valence-electron chi connectivity index (χ4n) is 4.98. The van der Waals surface area contributed by atoms with Crippen LogP contribution < -0.4 is 9.64 Å². The molecule has 0 spiro atoms. The average molecular weight is 521 g/mol. The summed E-state index contributed by atoms with van der Waals surface area (Å²) < 4.78 is 7.72. The molecule has 0 saturated heterocycles. The lowest BCUT2D eigenvalue weighted by atomic mass is 9.97. The van der Waals surface area contributed by atoms with E-state index in [0.29, 0.717) is 27.3 Å². The van der Waals surface area contributed by atoms with Crippen LogP contribution in [0.5, 0.6) is 5.75 Å². The number of benzene rings is 2. The van der Waals surface area contributed by atoms with Crippen LogP contribution in [-0.2, 0) is 0 Å². The van der Waals surface area contributed by atoms with Crippen molar-refractivity contribution in [2.24, 2.45) is 0 Å². The number of aryl methyl sites for hydroxylation is 2. The van der Waals surface area contributed by atoms with E-state index in [4.69, 9.17) is 32.9 Å². The second kappa shape index (κ2) is 9.26. The van der Waals surface area contributed by atoms with Gasteiger partial charge in [0.05, 0.1) is 18.4 Å². The maximum Gasteiger partial charge on any atom is 0.279 e. The third-order valence-corrected chi connectivity index (χ3v) is 7.07. The van der Waals surface area contributed by atoms with Crippen LogP contribution in [0.1, 0.15) is 58.8 Å². The summed E-state index contributed by atoms with van der Waals surface area (Å²) in [5.41, 5.74) is 5.60. The standard InChI is InChI=1S/C28H26Cl2N4O2/c1-15(2)33-26-24(32-27(33)21-14-31-11-10-23(21)36-5)28(35)34(22-13-19(30)7-6-16(22)3)25(26)20-9-8-18(29)12-17(20)4/h6-15,25H,1-5H3. The van der Waals surface area contributed by atoms with Crippen molar-refractivity contribution in [2.75, 3.05) is 12.0 Å². The topological polar surface area (TPSA) is 60.3 Å². The molecule has 0 fully saturated rings. The summed E-state index contributed by atoms with van der Waals surface area (Å²) in [6, 6.07) is 12.7. The van der Waals surface area contributed by atoms with Crippen LogP contribution >= 0.6 is 23.2 Å². The molecule has 1 aliphatic heterocycles. The second-order valence-electron chi connectivity index (χ2n) is 9.22. The lowest BCUT2D eigenvalue weighted by Crippen LogP contribution is -2.31. The normalized spacial score (nSPS) is 15.1. The number of nitrogens with zero attached hydrogens (tertiary/aromatic N) is 4. The molecule has 1 atom stereocenters. The Labute approximate surface area is 220 Å². The number of methoxy groups -OCH3 is 1. The number of imidazole rings is 1. The Morgan fingerprint density at radius 3 is 2.42 bits per heavy atom. The molecule has 0 radical (unpaired) electrons. The van der Waals surface area contributed by atoms with Crippen molar-refractivity contribution in [2.45, 2.75) is 39.8 Å². The van der Waals surface area contributed by atoms with Crippen molar-refractivity contribution in [3.8, 4) is 17.1 Å². The van der Waals surface area contributed by atoms with Gasteiger partial charge < -0.3 is 9.30 Å². The summed E-state index contributed by atoms with van der Waals surface area (Å²) in [4.78, 5) is 25.1. The number of halogens is 2. The Balaban J connectivity index is 1.83. The Kier molecular flexibility index (Phi) is 6.27. The molecule has 1 unspecified atom stereocenters. The maximum atomic E-state index is 14.1. The summed E-state index contributed by atoms with van der Waals surface area (Å²) in [7, 11) is 1.61. The Morgan fingerprint density at radius 2 is 1.72 bits per heavy atom. The van der Waals surface area contributed by atoms with Gasteiger partial charge in [-0.05, 0) is 74.7 Å². The van der Waals surface area contributed by atoms with Crippen molar-refractivity contribution >= 4 is 34.8 Å². The molecular formula is C28H26Cl2N4O2. The Hall–Kier alpha value is -3.35. The van der Waals surface area contributed by atoms with Crippen molar-refractivity contribution in [3.05, 3.63) is 93.0 Å². The van der Waals surface area contributed by atoms with Gasteiger partial charge in [-0.2, -0.15) is 0 Å². The first kappa shape index (κ1) is 24.3. The van der Waals surface area contributed by atoms with Gasteiger partial charge >= 0.3 is 0 Å². The molecule has 1 aliphatic rings. The minimum Gasteiger partial charge on any atom is -0.496 e. The second-order valence-corrected chi connectivity index (χ2v) is 10.1. The highest BCUT2D eigenvalue weighted by atomic mass is 35.5. The summed E-state index contributed by atoms with van der Waals surface area (Å²) in [5.74, 6) is 1.11. The lowest BCUT2D eigenvalue weighted by molar-refractivity contribution is 0.0989. The molecule has 4 aromatic rings. The predicted molar refractivity (Wildman–Crippen MR) is 143 cm³/mol. The fourth-order valence-corrected chi connectivity index (χ4v) is 5.37. The average Bonchev–Trinajstić information content (AvgIpc) is 3.36. The largest absolute Gasteiger partial charge is 0.496 e. The smallest absolute Gasteiger partial charge is 0.279 e. The van der Waals surface area contributed by atoms with Crippen molar-refractivity contribution < 1.29 is 9.53 Å². The SMILES string of the molecule is COc1ccncc1-c1nc2c(n1C(C)C)C(c1ccc(Cl)cc1C)N(c1cc(Cl)ccc1C)C2=O. The molecule has 0 aliphatic carbocycles. The van der Waals surface area contributed by atoms with Crippen LogP contribution in [0.25, 0.3) is 11.4 Å². The molecular weight excluding hydrogens is 495 g/mol. The van der Waals surface area contributed by atoms with E-state index in [1.54, 1.807) is 30.5 Å². The number of fused-ring (bicyclic) bond motifs is 1. The highest BCUT2D eigenvalue weighted by molar-refractivity contribution is 6.31. The van der Waals surface area contributed by atoms with E-state index in [1.807, 2.05) is 50.2 Å². The van der Waals surface area contributed by atoms with Gasteiger partial charge in [0.1, 0.15) is 17.6 Å². The Morgan fingerprint density at radius 1 is 1.00 bits per heavy atom. The van der Waals surface area contributed by atoms with Gasteiger partial charge in [-0.25, -0.2) is 4.98 Å². The van der Waals surface area contributed by atoms with Crippen LogP contribution in [0.2, 0.25) is 10.0 Å². The number of carbonyl (C=O) groups excluding carboxylic acids is 1. The molecule has 0 N–H and O–H groups in total. The third kappa shape index (κ3) is 3.85. The minimum absolute atomic E-state index is 0.00415. The maximum absolute atomic E-state index is 14.1. The number of rotatable bonds is 5. The first-order chi connectivity index (χ1) is 17.2. The number of carbonyl (C=O) groups is 1. The van der Waals surface area contributed by atoms with E-state index in [-0.39, 0.29) is 11.9 Å². The van der Waals surface area contributed by atoms with Gasteiger partial charge in [-0.1, -0.05) is 35.3 Å². The summed E-state index contributed by atoms with van der Waals surface area (Å²) >= 11 is 12.7. The van der Waals surface area contributed by atoms with Crippen molar-refractivity contribution in [1.29, 1.82) is 0 Å². The molecule has 6 nitrogen and oxygen atoms in total. The minimum atomic E-state index is -0.423. The number of pyridine rings is 1. The number of ether oxygens (including phenoxy) is 1. The number of amides is 1. The van der Waals surface area contributed by atoms with Crippen LogP contribution in [0.3, 0.4) is 0 Å². The molecule has 2 aromatic heterocycles. The summed E-state index contributed by atoms with van der Waals surface area (Å²) in [6.45, 7) is 8.15. The molecule has 5 rings (SSSR count). The molecule has 0 saturated carbocycles. The lowest BCUT2D eigenvalue weighted by Gasteiger charge is -2.30. The Bertz CT molecular complexity index is 1500. The van der Waals surface area contributed by atoms with Crippen molar-refractivity contribution in [3.63, 3.8) is 0 Å². The monoisotopic (exact) mass is 520 g/mol. The van der Waals surface area contributed by atoms with Crippen LogP contribution in [0.4, 0.5) is 5.69 Å². The van der Waals surface area contributed by atoms with Crippen molar-refractivity contribution in [1.82, 2.24) is 14.5 Å². The zero-order valence-electron chi connectivity index (χ0n) is 20.7. The van der Waals surface area contributed by atoms with Gasteiger partial charge in [0, 0.05) is 34.2 Å². The van der Waals surface area contributed by atoms with Gasteiger partial charge in [-0.3, -0.25) is 14.7 Å². The molecule has 1 amide bonds. The molecule has 184 valence electrons.